The van der Waals surface area contributed by atoms with E-state index in [0.717, 1.165) is 36.1 Å². The SMILES string of the molecule is CCc1cccc(C)c1NC(=O)/C(C#N)=C\NCCCc1ccccc1. The van der Waals surface area contributed by atoms with Crippen LogP contribution in [-0.4, -0.2) is 12.5 Å². The van der Waals surface area contributed by atoms with Gasteiger partial charge in [0, 0.05) is 18.4 Å². The van der Waals surface area contributed by atoms with Crippen molar-refractivity contribution in [3.8, 4) is 6.07 Å². The van der Waals surface area contributed by atoms with Crippen LogP contribution in [0.15, 0.2) is 60.3 Å². The molecule has 0 atom stereocenters. The molecule has 4 heteroatoms. The van der Waals surface area contributed by atoms with Crippen molar-refractivity contribution in [1.29, 1.82) is 5.26 Å². The molecule has 0 aliphatic rings. The van der Waals surface area contributed by atoms with Crippen molar-refractivity contribution < 1.29 is 4.79 Å². The van der Waals surface area contributed by atoms with Crippen molar-refractivity contribution in [3.63, 3.8) is 0 Å². The molecular weight excluding hydrogens is 322 g/mol. The molecule has 0 spiro atoms. The van der Waals surface area contributed by atoms with Crippen molar-refractivity contribution in [2.45, 2.75) is 33.1 Å². The Balaban J connectivity index is 1.90. The second-order valence-electron chi connectivity index (χ2n) is 6.13. The van der Waals surface area contributed by atoms with E-state index in [1.165, 1.54) is 11.8 Å². The fourth-order valence-corrected chi connectivity index (χ4v) is 2.74. The fraction of sp³-hybridized carbons (Fsp3) is 0.273. The van der Waals surface area contributed by atoms with E-state index in [4.69, 9.17) is 0 Å². The molecule has 0 fully saturated rings. The molecule has 0 aromatic heterocycles. The van der Waals surface area contributed by atoms with E-state index in [2.05, 4.69) is 22.8 Å². The minimum Gasteiger partial charge on any atom is -0.390 e. The van der Waals surface area contributed by atoms with Crippen LogP contribution in [0.4, 0.5) is 5.69 Å². The Morgan fingerprint density at radius 3 is 2.62 bits per heavy atom. The monoisotopic (exact) mass is 347 g/mol. The van der Waals surface area contributed by atoms with Gasteiger partial charge in [0.05, 0.1) is 0 Å². The van der Waals surface area contributed by atoms with Gasteiger partial charge in [0.25, 0.3) is 5.91 Å². The number of nitrogens with one attached hydrogen (secondary N) is 2. The minimum atomic E-state index is -0.382. The normalized spacial score (nSPS) is 10.9. The van der Waals surface area contributed by atoms with Crippen LogP contribution >= 0.6 is 0 Å². The van der Waals surface area contributed by atoms with E-state index in [-0.39, 0.29) is 11.5 Å². The quantitative estimate of drug-likeness (QED) is 0.429. The summed E-state index contributed by atoms with van der Waals surface area (Å²) in [5.41, 5.74) is 4.21. The molecule has 134 valence electrons. The van der Waals surface area contributed by atoms with E-state index in [1.807, 2.05) is 56.3 Å². The zero-order valence-electron chi connectivity index (χ0n) is 15.4. The number of para-hydroxylation sites is 1. The average Bonchev–Trinajstić information content (AvgIpc) is 2.67. The molecule has 0 saturated heterocycles. The van der Waals surface area contributed by atoms with Gasteiger partial charge in [-0.3, -0.25) is 4.79 Å². The summed E-state index contributed by atoms with van der Waals surface area (Å²) in [6.45, 7) is 4.70. The molecule has 2 aromatic rings. The Kier molecular flexibility index (Phi) is 7.45. The van der Waals surface area contributed by atoms with Crippen molar-refractivity contribution in [2.24, 2.45) is 0 Å². The third-order valence-electron chi connectivity index (χ3n) is 4.22. The number of hydrogen-bond acceptors (Lipinski definition) is 3. The van der Waals surface area contributed by atoms with Gasteiger partial charge in [-0.1, -0.05) is 55.5 Å². The predicted molar refractivity (Wildman–Crippen MR) is 106 cm³/mol. The summed E-state index contributed by atoms with van der Waals surface area (Å²) in [5, 5.41) is 15.2. The number of carbonyl (C=O) groups is 1. The molecule has 4 nitrogen and oxygen atoms in total. The largest absolute Gasteiger partial charge is 0.390 e. The summed E-state index contributed by atoms with van der Waals surface area (Å²) in [4.78, 5) is 12.4. The lowest BCUT2D eigenvalue weighted by Crippen LogP contribution is -2.18. The number of nitriles is 1. The van der Waals surface area contributed by atoms with E-state index in [1.54, 1.807) is 0 Å². The van der Waals surface area contributed by atoms with Gasteiger partial charge in [0.2, 0.25) is 0 Å². The summed E-state index contributed by atoms with van der Waals surface area (Å²) in [6.07, 6.45) is 4.21. The second kappa shape index (κ2) is 10.0. The van der Waals surface area contributed by atoms with Crippen LogP contribution in [0.1, 0.15) is 30.0 Å². The van der Waals surface area contributed by atoms with Gasteiger partial charge in [-0.2, -0.15) is 5.26 Å². The highest BCUT2D eigenvalue weighted by Gasteiger charge is 2.12. The van der Waals surface area contributed by atoms with E-state index < -0.39 is 0 Å². The first kappa shape index (κ1) is 19.3. The zero-order chi connectivity index (χ0) is 18.8. The van der Waals surface area contributed by atoms with E-state index >= 15 is 0 Å². The number of anilines is 1. The highest BCUT2D eigenvalue weighted by atomic mass is 16.1. The van der Waals surface area contributed by atoms with Gasteiger partial charge < -0.3 is 10.6 Å². The lowest BCUT2D eigenvalue weighted by molar-refractivity contribution is -0.112. The van der Waals surface area contributed by atoms with Gasteiger partial charge in [-0.25, -0.2) is 0 Å². The lowest BCUT2D eigenvalue weighted by atomic mass is 10.1. The average molecular weight is 347 g/mol. The standard InChI is InChI=1S/C22H25N3O/c1-3-19-13-7-9-17(2)21(19)25-22(26)20(15-23)16-24-14-8-12-18-10-5-4-6-11-18/h4-7,9-11,13,16,24H,3,8,12,14H2,1-2H3,(H,25,26)/b20-16-. The molecule has 0 aliphatic heterocycles. The number of rotatable bonds is 8. The van der Waals surface area contributed by atoms with Crippen molar-refractivity contribution in [1.82, 2.24) is 5.32 Å². The molecule has 26 heavy (non-hydrogen) atoms. The molecule has 0 bridgehead atoms. The Morgan fingerprint density at radius 2 is 1.92 bits per heavy atom. The van der Waals surface area contributed by atoms with Crippen molar-refractivity contribution in [3.05, 3.63) is 77.0 Å². The van der Waals surface area contributed by atoms with Crippen LogP contribution in [0, 0.1) is 18.3 Å². The maximum Gasteiger partial charge on any atom is 0.267 e. The maximum absolute atomic E-state index is 12.4. The van der Waals surface area contributed by atoms with Gasteiger partial charge in [0.1, 0.15) is 11.6 Å². The molecule has 0 heterocycles. The molecule has 0 aliphatic carbocycles. The molecule has 2 N–H and O–H groups in total. The topological polar surface area (TPSA) is 64.9 Å². The van der Waals surface area contributed by atoms with Crippen LogP contribution in [0.3, 0.4) is 0 Å². The second-order valence-corrected chi connectivity index (χ2v) is 6.13. The molecule has 2 rings (SSSR count). The first-order valence-electron chi connectivity index (χ1n) is 8.93. The molecule has 0 saturated carbocycles. The molecule has 0 radical (unpaired) electrons. The smallest absolute Gasteiger partial charge is 0.267 e. The van der Waals surface area contributed by atoms with Gasteiger partial charge >= 0.3 is 0 Å². The van der Waals surface area contributed by atoms with Crippen molar-refractivity contribution in [2.75, 3.05) is 11.9 Å². The van der Waals surface area contributed by atoms with E-state index in [9.17, 15) is 10.1 Å². The van der Waals surface area contributed by atoms with Crippen LogP contribution in [0.25, 0.3) is 0 Å². The third-order valence-corrected chi connectivity index (χ3v) is 4.22. The van der Waals surface area contributed by atoms with Crippen molar-refractivity contribution >= 4 is 11.6 Å². The highest BCUT2D eigenvalue weighted by Crippen LogP contribution is 2.21. The summed E-state index contributed by atoms with van der Waals surface area (Å²) in [6, 6.07) is 18.1. The first-order valence-corrected chi connectivity index (χ1v) is 8.93. The minimum absolute atomic E-state index is 0.0787. The number of aryl methyl sites for hydroxylation is 3. The number of carbonyl (C=O) groups excluding carboxylic acids is 1. The van der Waals surface area contributed by atoms with Gasteiger partial charge in [-0.05, 0) is 42.9 Å². The Bertz CT molecular complexity index is 804. The van der Waals surface area contributed by atoms with Crippen LogP contribution in [0.2, 0.25) is 0 Å². The van der Waals surface area contributed by atoms with E-state index in [0.29, 0.717) is 6.54 Å². The number of hydrogen-bond donors (Lipinski definition) is 2. The fourth-order valence-electron chi connectivity index (χ4n) is 2.74. The van der Waals surface area contributed by atoms with Crippen LogP contribution in [-0.2, 0) is 17.6 Å². The molecule has 1 amide bonds. The number of benzene rings is 2. The Hall–Kier alpha value is -3.06. The highest BCUT2D eigenvalue weighted by molar-refractivity contribution is 6.07. The Labute approximate surface area is 155 Å². The summed E-state index contributed by atoms with van der Waals surface area (Å²) in [7, 11) is 0. The molecule has 0 unspecified atom stereocenters. The summed E-state index contributed by atoms with van der Waals surface area (Å²) >= 11 is 0. The summed E-state index contributed by atoms with van der Waals surface area (Å²) in [5.74, 6) is -0.382. The van der Waals surface area contributed by atoms with Crippen LogP contribution < -0.4 is 10.6 Å². The first-order chi connectivity index (χ1) is 12.7. The van der Waals surface area contributed by atoms with Gasteiger partial charge in [-0.15, -0.1) is 0 Å². The number of nitrogens with zero attached hydrogens (tertiary/aromatic N) is 1. The van der Waals surface area contributed by atoms with Crippen LogP contribution in [0.5, 0.6) is 0 Å². The van der Waals surface area contributed by atoms with Gasteiger partial charge in [0.15, 0.2) is 0 Å². The maximum atomic E-state index is 12.4. The number of amides is 1. The summed E-state index contributed by atoms with van der Waals surface area (Å²) < 4.78 is 0. The lowest BCUT2D eigenvalue weighted by Gasteiger charge is -2.12. The zero-order valence-corrected chi connectivity index (χ0v) is 15.4. The molecular formula is C22H25N3O. The predicted octanol–water partition coefficient (Wildman–Crippen LogP) is 4.13. The Morgan fingerprint density at radius 1 is 1.15 bits per heavy atom. The molecule has 2 aromatic carbocycles. The third kappa shape index (κ3) is 5.49.